The fraction of sp³-hybridized carbons (Fsp3) is 0.111. The molecule has 0 bridgehead atoms. The van der Waals surface area contributed by atoms with Crippen LogP contribution in [0.4, 0.5) is 8.78 Å². The van der Waals surface area contributed by atoms with Crippen molar-refractivity contribution in [2.75, 3.05) is 6.54 Å². The SMILES string of the molecule is NCC#Cc1cc(F)c(O)c(F)c1. The van der Waals surface area contributed by atoms with E-state index in [-0.39, 0.29) is 12.1 Å². The molecule has 0 aliphatic carbocycles. The van der Waals surface area contributed by atoms with Gasteiger partial charge in [-0.1, -0.05) is 11.8 Å². The molecule has 68 valence electrons. The Balaban J connectivity index is 3.13. The standard InChI is InChI=1S/C9H7F2NO/c10-7-4-6(2-1-3-12)5-8(11)9(7)13/h4-5,13H,3,12H2. The Morgan fingerprint density at radius 3 is 2.31 bits per heavy atom. The molecule has 0 saturated heterocycles. The molecule has 0 aromatic heterocycles. The van der Waals surface area contributed by atoms with Crippen LogP contribution in [0.25, 0.3) is 0 Å². The molecule has 0 aliphatic rings. The van der Waals surface area contributed by atoms with Crippen molar-refractivity contribution in [1.29, 1.82) is 0 Å². The monoisotopic (exact) mass is 183 g/mol. The lowest BCUT2D eigenvalue weighted by molar-refractivity contribution is 0.396. The maximum absolute atomic E-state index is 12.7. The van der Waals surface area contributed by atoms with Crippen molar-refractivity contribution in [3.63, 3.8) is 0 Å². The molecule has 0 fully saturated rings. The first-order valence-electron chi connectivity index (χ1n) is 3.52. The number of rotatable bonds is 0. The highest BCUT2D eigenvalue weighted by Crippen LogP contribution is 2.20. The highest BCUT2D eigenvalue weighted by molar-refractivity contribution is 5.39. The van der Waals surface area contributed by atoms with Crippen LogP contribution >= 0.6 is 0 Å². The van der Waals surface area contributed by atoms with Crippen LogP contribution in [0, 0.1) is 23.5 Å². The van der Waals surface area contributed by atoms with E-state index in [1.54, 1.807) is 0 Å². The van der Waals surface area contributed by atoms with Crippen molar-refractivity contribution in [2.24, 2.45) is 5.73 Å². The number of phenols is 1. The molecular weight excluding hydrogens is 176 g/mol. The van der Waals surface area contributed by atoms with Gasteiger partial charge in [-0.25, -0.2) is 8.78 Å². The summed E-state index contributed by atoms with van der Waals surface area (Å²) in [6.45, 7) is 0.115. The van der Waals surface area contributed by atoms with Gasteiger partial charge in [0.25, 0.3) is 0 Å². The fourth-order valence-electron chi connectivity index (χ4n) is 0.791. The maximum Gasteiger partial charge on any atom is 0.187 e. The third kappa shape index (κ3) is 2.17. The second-order valence-corrected chi connectivity index (χ2v) is 2.29. The third-order valence-electron chi connectivity index (χ3n) is 1.35. The van der Waals surface area contributed by atoms with E-state index >= 15 is 0 Å². The predicted molar refractivity (Wildman–Crippen MR) is 44.0 cm³/mol. The van der Waals surface area contributed by atoms with Crippen LogP contribution in [0.5, 0.6) is 5.75 Å². The summed E-state index contributed by atoms with van der Waals surface area (Å²) in [6, 6.07) is 1.89. The van der Waals surface area contributed by atoms with Crippen molar-refractivity contribution >= 4 is 0 Å². The summed E-state index contributed by atoms with van der Waals surface area (Å²) in [5, 5.41) is 8.73. The van der Waals surface area contributed by atoms with Gasteiger partial charge in [0, 0.05) is 5.56 Å². The van der Waals surface area contributed by atoms with Crippen molar-refractivity contribution < 1.29 is 13.9 Å². The first-order chi connectivity index (χ1) is 6.15. The average molecular weight is 183 g/mol. The Morgan fingerprint density at radius 1 is 1.31 bits per heavy atom. The van der Waals surface area contributed by atoms with E-state index < -0.39 is 17.4 Å². The second-order valence-electron chi connectivity index (χ2n) is 2.29. The summed E-state index contributed by atoms with van der Waals surface area (Å²) in [6.07, 6.45) is 0. The van der Waals surface area contributed by atoms with Gasteiger partial charge in [-0.3, -0.25) is 0 Å². The zero-order valence-corrected chi connectivity index (χ0v) is 6.64. The van der Waals surface area contributed by atoms with Crippen LogP contribution in [0.15, 0.2) is 12.1 Å². The molecule has 13 heavy (non-hydrogen) atoms. The van der Waals surface area contributed by atoms with E-state index in [1.165, 1.54) is 0 Å². The van der Waals surface area contributed by atoms with Gasteiger partial charge in [0.05, 0.1) is 6.54 Å². The van der Waals surface area contributed by atoms with E-state index in [1.807, 2.05) is 0 Å². The van der Waals surface area contributed by atoms with Crippen molar-refractivity contribution in [1.82, 2.24) is 0 Å². The van der Waals surface area contributed by atoms with Crippen molar-refractivity contribution in [2.45, 2.75) is 0 Å². The Kier molecular flexibility index (Phi) is 2.83. The Morgan fingerprint density at radius 2 is 1.85 bits per heavy atom. The number of benzene rings is 1. The van der Waals surface area contributed by atoms with Crippen molar-refractivity contribution in [3.8, 4) is 17.6 Å². The van der Waals surface area contributed by atoms with E-state index in [9.17, 15) is 8.78 Å². The Labute approximate surface area is 74.0 Å². The predicted octanol–water partition coefficient (Wildman–Crippen LogP) is 0.981. The van der Waals surface area contributed by atoms with Crippen LogP contribution in [0.2, 0.25) is 0 Å². The van der Waals surface area contributed by atoms with Crippen LogP contribution in [-0.4, -0.2) is 11.7 Å². The van der Waals surface area contributed by atoms with Crippen LogP contribution < -0.4 is 5.73 Å². The molecule has 0 unspecified atom stereocenters. The second kappa shape index (κ2) is 3.87. The molecule has 2 nitrogen and oxygen atoms in total. The van der Waals surface area contributed by atoms with Gasteiger partial charge in [-0.2, -0.15) is 0 Å². The third-order valence-corrected chi connectivity index (χ3v) is 1.35. The summed E-state index contributed by atoms with van der Waals surface area (Å²) >= 11 is 0. The maximum atomic E-state index is 12.7. The number of halogens is 2. The first-order valence-corrected chi connectivity index (χ1v) is 3.52. The summed E-state index contributed by atoms with van der Waals surface area (Å²) in [5.74, 6) is 1.85. The molecule has 0 aliphatic heterocycles. The van der Waals surface area contributed by atoms with E-state index in [0.717, 1.165) is 12.1 Å². The average Bonchev–Trinajstić information content (AvgIpc) is 2.10. The molecular formula is C9H7F2NO. The summed E-state index contributed by atoms with van der Waals surface area (Å²) < 4.78 is 25.4. The first kappa shape index (κ1) is 9.49. The number of aromatic hydroxyl groups is 1. The van der Waals surface area contributed by atoms with Gasteiger partial charge in [0.2, 0.25) is 0 Å². The number of phenolic OH excluding ortho intramolecular Hbond substituents is 1. The minimum Gasteiger partial charge on any atom is -0.503 e. The molecule has 1 aromatic carbocycles. The Hall–Kier alpha value is -1.60. The molecule has 0 amide bonds. The highest BCUT2D eigenvalue weighted by Gasteiger charge is 2.07. The van der Waals surface area contributed by atoms with Gasteiger partial charge < -0.3 is 10.8 Å². The zero-order valence-electron chi connectivity index (χ0n) is 6.64. The Bertz CT molecular complexity index is 356. The lowest BCUT2D eigenvalue weighted by Gasteiger charge is -1.97. The molecule has 0 radical (unpaired) electrons. The minimum absolute atomic E-state index is 0.115. The van der Waals surface area contributed by atoms with Gasteiger partial charge in [-0.15, -0.1) is 0 Å². The van der Waals surface area contributed by atoms with Gasteiger partial charge in [0.1, 0.15) is 0 Å². The number of nitrogens with two attached hydrogens (primary N) is 1. The van der Waals surface area contributed by atoms with E-state index in [2.05, 4.69) is 11.8 Å². The molecule has 4 heteroatoms. The fourth-order valence-corrected chi connectivity index (χ4v) is 0.791. The molecule has 0 heterocycles. The lowest BCUT2D eigenvalue weighted by atomic mass is 10.2. The molecule has 0 atom stereocenters. The van der Waals surface area contributed by atoms with E-state index in [0.29, 0.717) is 0 Å². The zero-order chi connectivity index (χ0) is 9.84. The molecule has 3 N–H and O–H groups in total. The summed E-state index contributed by atoms with van der Waals surface area (Å²) in [4.78, 5) is 0. The van der Waals surface area contributed by atoms with Crippen LogP contribution in [-0.2, 0) is 0 Å². The molecule has 1 aromatic rings. The molecule has 0 saturated carbocycles. The largest absolute Gasteiger partial charge is 0.503 e. The van der Waals surface area contributed by atoms with Crippen LogP contribution in [0.1, 0.15) is 5.56 Å². The smallest absolute Gasteiger partial charge is 0.187 e. The molecule has 0 spiro atoms. The van der Waals surface area contributed by atoms with E-state index in [4.69, 9.17) is 10.8 Å². The summed E-state index contributed by atoms with van der Waals surface area (Å²) in [7, 11) is 0. The van der Waals surface area contributed by atoms with Crippen molar-refractivity contribution in [3.05, 3.63) is 29.3 Å². The van der Waals surface area contributed by atoms with Gasteiger partial charge in [0.15, 0.2) is 17.4 Å². The number of hydrogen-bond donors (Lipinski definition) is 2. The van der Waals surface area contributed by atoms with Crippen LogP contribution in [0.3, 0.4) is 0 Å². The number of hydrogen-bond acceptors (Lipinski definition) is 2. The van der Waals surface area contributed by atoms with Gasteiger partial charge in [-0.05, 0) is 12.1 Å². The quantitative estimate of drug-likeness (QED) is 0.589. The summed E-state index contributed by atoms with van der Waals surface area (Å²) in [5.41, 5.74) is 5.22. The topological polar surface area (TPSA) is 46.2 Å². The normalized spacial score (nSPS) is 9.15. The minimum atomic E-state index is -1.03. The lowest BCUT2D eigenvalue weighted by Crippen LogP contribution is -1.93. The van der Waals surface area contributed by atoms with Gasteiger partial charge >= 0.3 is 0 Å². The molecule has 1 rings (SSSR count). The highest BCUT2D eigenvalue weighted by atomic mass is 19.1.